The van der Waals surface area contributed by atoms with E-state index in [1.54, 1.807) is 18.6 Å². The lowest BCUT2D eigenvalue weighted by molar-refractivity contribution is 0.599. The van der Waals surface area contributed by atoms with Crippen LogP contribution in [0.5, 0.6) is 0 Å². The second-order valence-electron chi connectivity index (χ2n) is 5.32. The van der Waals surface area contributed by atoms with E-state index in [4.69, 9.17) is 0 Å². The third-order valence-corrected chi connectivity index (χ3v) is 4.38. The van der Waals surface area contributed by atoms with Crippen LogP contribution < -0.4 is 0 Å². The molecule has 1 aromatic heterocycles. The molecule has 0 N–H and O–H groups in total. The Morgan fingerprint density at radius 1 is 1.05 bits per heavy atom. The minimum atomic E-state index is -1.10. The molecule has 2 aromatic carbocycles. The normalized spacial score (nSPS) is 22.2. The van der Waals surface area contributed by atoms with Gasteiger partial charge in [0.25, 0.3) is 0 Å². The highest BCUT2D eigenvalue weighted by atomic mass is 14.8. The molecule has 1 heterocycles. The van der Waals surface area contributed by atoms with Gasteiger partial charge >= 0.3 is 0 Å². The third kappa shape index (κ3) is 1.34. The van der Waals surface area contributed by atoms with E-state index in [2.05, 4.69) is 22.1 Å². The molecule has 0 fully saturated rings. The molecular weight excluding hydrogens is 272 g/mol. The van der Waals surface area contributed by atoms with Crippen LogP contribution in [0.4, 0.5) is 0 Å². The zero-order chi connectivity index (χ0) is 15.2. The first-order valence-corrected chi connectivity index (χ1v) is 6.92. The number of nitriles is 2. The topological polar surface area (TPSA) is 73.4 Å². The standard InChI is InChI=1S/C18H10N4/c19-9-15-13-5-1-3-12-4-2-6-14(17(12)13)18(15,11-20)16-10-21-7-8-22-16/h1-8,10,15H. The fourth-order valence-electron chi connectivity index (χ4n) is 3.46. The van der Waals surface area contributed by atoms with Gasteiger partial charge in [-0.15, -0.1) is 0 Å². The SMILES string of the molecule is N#CC1c2cccc3cccc(c23)C1(C#N)c1cnccn1. The van der Waals surface area contributed by atoms with E-state index in [1.807, 2.05) is 36.4 Å². The second-order valence-corrected chi connectivity index (χ2v) is 5.32. The highest BCUT2D eigenvalue weighted by Crippen LogP contribution is 2.53. The monoisotopic (exact) mass is 282 g/mol. The van der Waals surface area contributed by atoms with Crippen LogP contribution in [-0.4, -0.2) is 9.97 Å². The van der Waals surface area contributed by atoms with Crippen LogP contribution in [0.1, 0.15) is 22.7 Å². The van der Waals surface area contributed by atoms with Crippen molar-refractivity contribution in [2.24, 2.45) is 0 Å². The van der Waals surface area contributed by atoms with E-state index in [0.717, 1.165) is 21.9 Å². The summed E-state index contributed by atoms with van der Waals surface area (Å²) in [5.41, 5.74) is 1.15. The first kappa shape index (κ1) is 12.5. The summed E-state index contributed by atoms with van der Waals surface area (Å²) in [6.45, 7) is 0. The van der Waals surface area contributed by atoms with Crippen LogP contribution in [0.3, 0.4) is 0 Å². The van der Waals surface area contributed by atoms with Gasteiger partial charge in [-0.1, -0.05) is 36.4 Å². The fourth-order valence-corrected chi connectivity index (χ4v) is 3.46. The number of hydrogen-bond donors (Lipinski definition) is 0. The zero-order valence-electron chi connectivity index (χ0n) is 11.6. The molecule has 0 saturated carbocycles. The summed E-state index contributed by atoms with van der Waals surface area (Å²) < 4.78 is 0. The van der Waals surface area contributed by atoms with Crippen LogP contribution in [0, 0.1) is 22.7 Å². The van der Waals surface area contributed by atoms with E-state index < -0.39 is 11.3 Å². The van der Waals surface area contributed by atoms with Gasteiger partial charge in [-0.05, 0) is 21.9 Å². The molecule has 22 heavy (non-hydrogen) atoms. The highest BCUT2D eigenvalue weighted by molar-refractivity contribution is 5.95. The number of rotatable bonds is 1. The number of nitrogens with zero attached hydrogens (tertiary/aromatic N) is 4. The third-order valence-electron chi connectivity index (χ3n) is 4.38. The van der Waals surface area contributed by atoms with Crippen molar-refractivity contribution in [3.8, 4) is 12.1 Å². The fraction of sp³-hybridized carbons (Fsp3) is 0.111. The van der Waals surface area contributed by atoms with Crippen molar-refractivity contribution >= 4 is 10.8 Å². The first-order chi connectivity index (χ1) is 10.8. The molecule has 1 aliphatic carbocycles. The molecule has 4 nitrogen and oxygen atoms in total. The van der Waals surface area contributed by atoms with Gasteiger partial charge in [0.1, 0.15) is 11.3 Å². The average Bonchev–Trinajstić information content (AvgIpc) is 2.88. The summed E-state index contributed by atoms with van der Waals surface area (Å²) in [6, 6.07) is 16.4. The van der Waals surface area contributed by atoms with E-state index in [0.29, 0.717) is 5.69 Å². The van der Waals surface area contributed by atoms with Gasteiger partial charge < -0.3 is 0 Å². The lowest BCUT2D eigenvalue weighted by Gasteiger charge is -2.25. The predicted molar refractivity (Wildman–Crippen MR) is 80.7 cm³/mol. The van der Waals surface area contributed by atoms with Crippen LogP contribution in [0.15, 0.2) is 55.0 Å². The molecule has 2 unspecified atom stereocenters. The summed E-state index contributed by atoms with van der Waals surface area (Å²) in [5.74, 6) is -0.588. The maximum absolute atomic E-state index is 10.0. The van der Waals surface area contributed by atoms with E-state index in [1.165, 1.54) is 0 Å². The van der Waals surface area contributed by atoms with Gasteiger partial charge in [0.05, 0.1) is 24.0 Å². The molecule has 0 bridgehead atoms. The summed E-state index contributed by atoms with van der Waals surface area (Å²) in [5, 5.41) is 21.8. The van der Waals surface area contributed by atoms with Crippen molar-refractivity contribution in [2.45, 2.75) is 11.3 Å². The number of hydrogen-bond acceptors (Lipinski definition) is 4. The Kier molecular flexibility index (Phi) is 2.49. The molecule has 1 aliphatic rings. The van der Waals surface area contributed by atoms with Crippen molar-refractivity contribution in [2.75, 3.05) is 0 Å². The van der Waals surface area contributed by atoms with Crippen molar-refractivity contribution in [1.82, 2.24) is 9.97 Å². The molecule has 2 atom stereocenters. The lowest BCUT2D eigenvalue weighted by atomic mass is 9.72. The summed E-state index contributed by atoms with van der Waals surface area (Å²) >= 11 is 0. The smallest absolute Gasteiger partial charge is 0.146 e. The summed E-state index contributed by atoms with van der Waals surface area (Å²) in [4.78, 5) is 8.43. The maximum Gasteiger partial charge on any atom is 0.146 e. The Morgan fingerprint density at radius 2 is 1.86 bits per heavy atom. The molecule has 0 aliphatic heterocycles. The molecule has 0 saturated heterocycles. The van der Waals surface area contributed by atoms with E-state index in [9.17, 15) is 10.5 Å². The van der Waals surface area contributed by atoms with Crippen LogP contribution >= 0.6 is 0 Å². The molecular formula is C18H10N4. The van der Waals surface area contributed by atoms with Gasteiger partial charge in [0.2, 0.25) is 0 Å². The minimum absolute atomic E-state index is 0.521. The van der Waals surface area contributed by atoms with Crippen molar-refractivity contribution in [3.63, 3.8) is 0 Å². The number of benzene rings is 2. The lowest BCUT2D eigenvalue weighted by Crippen LogP contribution is -2.30. The van der Waals surface area contributed by atoms with Crippen LogP contribution in [-0.2, 0) is 5.41 Å². The van der Waals surface area contributed by atoms with Gasteiger partial charge in [0.15, 0.2) is 0 Å². The Labute approximate surface area is 127 Å². The van der Waals surface area contributed by atoms with E-state index in [-0.39, 0.29) is 0 Å². The van der Waals surface area contributed by atoms with Gasteiger partial charge in [-0.3, -0.25) is 9.97 Å². The molecule has 4 heteroatoms. The van der Waals surface area contributed by atoms with E-state index >= 15 is 0 Å². The Hall–Kier alpha value is -3.24. The average molecular weight is 282 g/mol. The molecule has 102 valence electrons. The second kappa shape index (κ2) is 4.38. The van der Waals surface area contributed by atoms with Gasteiger partial charge in [-0.2, -0.15) is 10.5 Å². The van der Waals surface area contributed by atoms with Gasteiger partial charge in [0, 0.05) is 12.4 Å². The predicted octanol–water partition coefficient (Wildman–Crippen LogP) is 3.06. The van der Waals surface area contributed by atoms with Crippen LogP contribution in [0.2, 0.25) is 0 Å². The molecule has 0 spiro atoms. The van der Waals surface area contributed by atoms with Gasteiger partial charge in [-0.25, -0.2) is 0 Å². The Balaban J connectivity index is 2.17. The Bertz CT molecular complexity index is 961. The molecule has 3 aromatic rings. The summed E-state index contributed by atoms with van der Waals surface area (Å²) in [6.07, 6.45) is 4.71. The molecule has 4 rings (SSSR count). The van der Waals surface area contributed by atoms with Crippen molar-refractivity contribution in [3.05, 3.63) is 71.8 Å². The molecule has 0 amide bonds. The maximum atomic E-state index is 10.0. The first-order valence-electron chi connectivity index (χ1n) is 6.92. The Morgan fingerprint density at radius 3 is 2.55 bits per heavy atom. The highest BCUT2D eigenvalue weighted by Gasteiger charge is 2.51. The quantitative estimate of drug-likeness (QED) is 0.687. The minimum Gasteiger partial charge on any atom is -0.261 e. The molecule has 0 radical (unpaired) electrons. The van der Waals surface area contributed by atoms with Crippen LogP contribution in [0.25, 0.3) is 10.8 Å². The number of aromatic nitrogens is 2. The zero-order valence-corrected chi connectivity index (χ0v) is 11.6. The summed E-state index contributed by atoms with van der Waals surface area (Å²) in [7, 11) is 0. The van der Waals surface area contributed by atoms with Crippen molar-refractivity contribution < 1.29 is 0 Å². The largest absolute Gasteiger partial charge is 0.261 e. The van der Waals surface area contributed by atoms with Crippen molar-refractivity contribution in [1.29, 1.82) is 10.5 Å².